The molecule has 0 saturated heterocycles. The van der Waals surface area contributed by atoms with E-state index in [9.17, 15) is 4.79 Å². The fourth-order valence-electron chi connectivity index (χ4n) is 2.09. The maximum absolute atomic E-state index is 11.0. The van der Waals surface area contributed by atoms with Crippen molar-refractivity contribution in [1.82, 2.24) is 0 Å². The van der Waals surface area contributed by atoms with Crippen molar-refractivity contribution in [3.8, 4) is 0 Å². The van der Waals surface area contributed by atoms with Crippen LogP contribution in [0.5, 0.6) is 0 Å². The lowest BCUT2D eigenvalue weighted by molar-refractivity contribution is 0.0696. The highest BCUT2D eigenvalue weighted by Crippen LogP contribution is 2.12. The van der Waals surface area contributed by atoms with Gasteiger partial charge >= 0.3 is 5.97 Å². The van der Waals surface area contributed by atoms with E-state index in [0.717, 1.165) is 12.0 Å². The Hall–Kier alpha value is -1.57. The number of aromatic carboxylic acids is 1. The molecule has 1 aromatic carbocycles. The average molecular weight is 260 g/mol. The van der Waals surface area contributed by atoms with Gasteiger partial charge in [-0.05, 0) is 24.5 Å². The first-order chi connectivity index (χ1) is 9.25. The maximum atomic E-state index is 11.0. The molecule has 104 valence electrons. The second-order valence-electron chi connectivity index (χ2n) is 4.85. The molecule has 0 radical (unpaired) electrons. The van der Waals surface area contributed by atoms with Crippen LogP contribution in [0.1, 0.15) is 67.8 Å². The van der Waals surface area contributed by atoms with Gasteiger partial charge in [-0.1, -0.05) is 69.4 Å². The van der Waals surface area contributed by atoms with Gasteiger partial charge in [0.1, 0.15) is 0 Å². The smallest absolute Gasteiger partial charge is 0.336 e. The summed E-state index contributed by atoms with van der Waals surface area (Å²) >= 11 is 0. The van der Waals surface area contributed by atoms with Crippen molar-refractivity contribution in [2.45, 2.75) is 51.9 Å². The second kappa shape index (κ2) is 9.37. The van der Waals surface area contributed by atoms with Crippen LogP contribution in [0, 0.1) is 0 Å². The summed E-state index contributed by atoms with van der Waals surface area (Å²) in [5.74, 6) is -0.861. The lowest BCUT2D eigenvalue weighted by atomic mass is 10.1. The van der Waals surface area contributed by atoms with Gasteiger partial charge < -0.3 is 5.11 Å². The highest BCUT2D eigenvalue weighted by molar-refractivity contribution is 5.92. The molecular formula is C17H24O2. The number of carbonyl (C=O) groups is 1. The summed E-state index contributed by atoms with van der Waals surface area (Å²) in [4.78, 5) is 11.0. The molecule has 0 atom stereocenters. The van der Waals surface area contributed by atoms with E-state index >= 15 is 0 Å². The molecule has 0 amide bonds. The normalized spacial score (nSPS) is 11.0. The fourth-order valence-corrected chi connectivity index (χ4v) is 2.09. The van der Waals surface area contributed by atoms with Gasteiger partial charge in [0.05, 0.1) is 5.56 Å². The van der Waals surface area contributed by atoms with Gasteiger partial charge in [0, 0.05) is 0 Å². The number of hydrogen-bond donors (Lipinski definition) is 1. The highest BCUT2D eigenvalue weighted by Gasteiger charge is 2.05. The van der Waals surface area contributed by atoms with Gasteiger partial charge in [-0.15, -0.1) is 0 Å². The van der Waals surface area contributed by atoms with Crippen LogP contribution in [0.4, 0.5) is 0 Å². The fraction of sp³-hybridized carbons (Fsp3) is 0.471. The minimum atomic E-state index is -0.861. The summed E-state index contributed by atoms with van der Waals surface area (Å²) in [6.07, 6.45) is 12.8. The summed E-state index contributed by atoms with van der Waals surface area (Å²) in [5, 5.41) is 9.05. The van der Waals surface area contributed by atoms with Crippen LogP contribution >= 0.6 is 0 Å². The Morgan fingerprint density at radius 2 is 1.79 bits per heavy atom. The van der Waals surface area contributed by atoms with E-state index in [1.54, 1.807) is 12.1 Å². The number of carboxylic acids is 1. The zero-order valence-corrected chi connectivity index (χ0v) is 11.8. The minimum Gasteiger partial charge on any atom is -0.478 e. The molecule has 0 aromatic heterocycles. The number of carboxylic acid groups (broad SMARTS) is 1. The predicted molar refractivity (Wildman–Crippen MR) is 80.4 cm³/mol. The van der Waals surface area contributed by atoms with Crippen LogP contribution in [0.25, 0.3) is 6.08 Å². The third-order valence-electron chi connectivity index (χ3n) is 3.21. The molecule has 2 heteroatoms. The monoisotopic (exact) mass is 260 g/mol. The van der Waals surface area contributed by atoms with Crippen LogP contribution in [-0.2, 0) is 0 Å². The largest absolute Gasteiger partial charge is 0.478 e. The summed E-state index contributed by atoms with van der Waals surface area (Å²) < 4.78 is 0. The van der Waals surface area contributed by atoms with Crippen molar-refractivity contribution in [2.24, 2.45) is 0 Å². The number of allylic oxidation sites excluding steroid dienone is 1. The van der Waals surface area contributed by atoms with E-state index in [0.29, 0.717) is 5.56 Å². The van der Waals surface area contributed by atoms with Crippen molar-refractivity contribution in [1.29, 1.82) is 0 Å². The Morgan fingerprint density at radius 1 is 1.11 bits per heavy atom. The summed E-state index contributed by atoms with van der Waals surface area (Å²) in [6, 6.07) is 7.12. The van der Waals surface area contributed by atoms with E-state index in [1.165, 1.54) is 38.5 Å². The van der Waals surface area contributed by atoms with Gasteiger partial charge in [0.15, 0.2) is 0 Å². The molecule has 0 aliphatic carbocycles. The molecule has 0 bridgehead atoms. The predicted octanol–water partition coefficient (Wildman–Crippen LogP) is 5.15. The van der Waals surface area contributed by atoms with Gasteiger partial charge in [-0.25, -0.2) is 4.79 Å². The van der Waals surface area contributed by atoms with E-state index < -0.39 is 5.97 Å². The highest BCUT2D eigenvalue weighted by atomic mass is 16.4. The lowest BCUT2D eigenvalue weighted by Gasteiger charge is -2.00. The molecule has 19 heavy (non-hydrogen) atoms. The van der Waals surface area contributed by atoms with Gasteiger partial charge in [0.2, 0.25) is 0 Å². The minimum absolute atomic E-state index is 0.377. The zero-order valence-electron chi connectivity index (χ0n) is 11.8. The Bertz CT molecular complexity index is 407. The van der Waals surface area contributed by atoms with Crippen molar-refractivity contribution in [3.05, 3.63) is 41.5 Å². The average Bonchev–Trinajstić information content (AvgIpc) is 2.42. The molecular weight excluding hydrogens is 236 g/mol. The molecule has 0 spiro atoms. The summed E-state index contributed by atoms with van der Waals surface area (Å²) in [6.45, 7) is 2.22. The SMILES string of the molecule is CCCCCCCC/C=C/c1ccccc1C(=O)O. The van der Waals surface area contributed by atoms with Crippen molar-refractivity contribution in [3.63, 3.8) is 0 Å². The maximum Gasteiger partial charge on any atom is 0.336 e. The molecule has 0 aliphatic rings. The van der Waals surface area contributed by atoms with Crippen LogP contribution in [0.15, 0.2) is 30.3 Å². The molecule has 0 saturated carbocycles. The summed E-state index contributed by atoms with van der Waals surface area (Å²) in [7, 11) is 0. The first-order valence-electron chi connectivity index (χ1n) is 7.24. The van der Waals surface area contributed by atoms with Crippen molar-refractivity contribution in [2.75, 3.05) is 0 Å². The van der Waals surface area contributed by atoms with Crippen molar-refractivity contribution < 1.29 is 9.90 Å². The molecule has 0 heterocycles. The standard InChI is InChI=1S/C17H24O2/c1-2-3-4-5-6-7-8-9-12-15-13-10-11-14-16(15)17(18)19/h9-14H,2-8H2,1H3,(H,18,19)/b12-9+. The quantitative estimate of drug-likeness (QED) is 0.623. The molecule has 0 unspecified atom stereocenters. The third-order valence-corrected chi connectivity index (χ3v) is 3.21. The molecule has 1 rings (SSSR count). The topological polar surface area (TPSA) is 37.3 Å². The van der Waals surface area contributed by atoms with E-state index in [-0.39, 0.29) is 0 Å². The molecule has 0 aliphatic heterocycles. The number of rotatable bonds is 9. The first kappa shape index (κ1) is 15.5. The van der Waals surface area contributed by atoms with E-state index in [1.807, 2.05) is 18.2 Å². The first-order valence-corrected chi connectivity index (χ1v) is 7.24. The van der Waals surface area contributed by atoms with E-state index in [4.69, 9.17) is 5.11 Å². The van der Waals surface area contributed by atoms with Gasteiger partial charge in [0.25, 0.3) is 0 Å². The number of unbranched alkanes of at least 4 members (excludes halogenated alkanes) is 6. The molecule has 1 N–H and O–H groups in total. The van der Waals surface area contributed by atoms with Crippen LogP contribution in [0.2, 0.25) is 0 Å². The number of hydrogen-bond acceptors (Lipinski definition) is 1. The Balaban J connectivity index is 2.31. The molecule has 2 nitrogen and oxygen atoms in total. The molecule has 1 aromatic rings. The molecule has 0 fully saturated rings. The van der Waals surface area contributed by atoms with Crippen LogP contribution in [0.3, 0.4) is 0 Å². The van der Waals surface area contributed by atoms with Crippen LogP contribution in [-0.4, -0.2) is 11.1 Å². The van der Waals surface area contributed by atoms with E-state index in [2.05, 4.69) is 13.0 Å². The Labute approximate surface area is 116 Å². The Kier molecular flexibility index (Phi) is 7.64. The Morgan fingerprint density at radius 3 is 2.53 bits per heavy atom. The zero-order chi connectivity index (χ0) is 13.9. The van der Waals surface area contributed by atoms with Gasteiger partial charge in [-0.3, -0.25) is 0 Å². The second-order valence-corrected chi connectivity index (χ2v) is 4.85. The van der Waals surface area contributed by atoms with Crippen molar-refractivity contribution >= 4 is 12.0 Å². The number of benzene rings is 1. The van der Waals surface area contributed by atoms with Gasteiger partial charge in [-0.2, -0.15) is 0 Å². The lowest BCUT2D eigenvalue weighted by Crippen LogP contribution is -1.98. The van der Waals surface area contributed by atoms with Crippen LogP contribution < -0.4 is 0 Å². The third kappa shape index (κ3) is 6.23. The summed E-state index contributed by atoms with van der Waals surface area (Å²) in [5.41, 5.74) is 1.17.